The van der Waals surface area contributed by atoms with E-state index in [4.69, 9.17) is 4.74 Å². The first kappa shape index (κ1) is 16.9. The first-order valence-electron chi connectivity index (χ1n) is 8.68. The Bertz CT molecular complexity index is 919. The minimum absolute atomic E-state index is 0.121. The molecule has 2 aromatic heterocycles. The van der Waals surface area contributed by atoms with E-state index in [-0.39, 0.29) is 5.91 Å². The average Bonchev–Trinajstić information content (AvgIpc) is 3.23. The molecular formula is C19H22N4O2S. The molecule has 1 amide bonds. The number of methoxy groups -OCH3 is 1. The summed E-state index contributed by atoms with van der Waals surface area (Å²) in [6.45, 7) is 5.08. The fraction of sp³-hybridized carbons (Fsp3) is 0.368. The second kappa shape index (κ2) is 6.64. The molecule has 7 heteroatoms. The molecule has 0 spiro atoms. The van der Waals surface area contributed by atoms with Crippen LogP contribution in [0.5, 0.6) is 5.75 Å². The highest BCUT2D eigenvalue weighted by Crippen LogP contribution is 2.29. The van der Waals surface area contributed by atoms with Crippen LogP contribution >= 0.6 is 11.3 Å². The van der Waals surface area contributed by atoms with Crippen LogP contribution in [-0.4, -0.2) is 53.9 Å². The van der Waals surface area contributed by atoms with E-state index in [2.05, 4.69) is 16.1 Å². The predicted octanol–water partition coefficient (Wildman–Crippen LogP) is 2.91. The molecule has 1 aromatic carbocycles. The van der Waals surface area contributed by atoms with Gasteiger partial charge in [-0.25, -0.2) is 0 Å². The van der Waals surface area contributed by atoms with Crippen molar-refractivity contribution in [3.8, 4) is 5.75 Å². The molecule has 4 rings (SSSR count). The average molecular weight is 370 g/mol. The molecule has 26 heavy (non-hydrogen) atoms. The quantitative estimate of drug-likeness (QED) is 0.711. The molecule has 1 saturated heterocycles. The van der Waals surface area contributed by atoms with E-state index in [1.807, 2.05) is 47.8 Å². The molecule has 3 heterocycles. The van der Waals surface area contributed by atoms with Gasteiger partial charge in [0.1, 0.15) is 10.6 Å². The van der Waals surface area contributed by atoms with E-state index >= 15 is 0 Å². The molecular weight excluding hydrogens is 348 g/mol. The summed E-state index contributed by atoms with van der Waals surface area (Å²) in [5.41, 5.74) is 2.11. The van der Waals surface area contributed by atoms with Crippen LogP contribution in [0.1, 0.15) is 15.4 Å². The number of hydrogen-bond donors (Lipinski definition) is 0. The number of rotatable bonds is 3. The van der Waals surface area contributed by atoms with Gasteiger partial charge in [0.2, 0.25) is 0 Å². The van der Waals surface area contributed by atoms with Crippen LogP contribution in [0.15, 0.2) is 30.3 Å². The second-order valence-electron chi connectivity index (χ2n) is 6.52. The maximum absolute atomic E-state index is 12.9. The standard InChI is InChI=1S/C19H22N4O2S/c1-13-16-12-17(26-19(16)21(2)20-13)18(24)23-9-7-22(8-10-23)14-5-4-6-15(11-14)25-3/h4-6,11-12H,7-10H2,1-3H3. The molecule has 3 aromatic rings. The Balaban J connectivity index is 1.46. The summed E-state index contributed by atoms with van der Waals surface area (Å²) in [4.78, 5) is 19.0. The van der Waals surface area contributed by atoms with Crippen molar-refractivity contribution in [2.24, 2.45) is 7.05 Å². The zero-order chi connectivity index (χ0) is 18.3. The van der Waals surface area contributed by atoms with Gasteiger partial charge in [0, 0.05) is 50.4 Å². The summed E-state index contributed by atoms with van der Waals surface area (Å²) in [7, 11) is 3.60. The molecule has 0 aliphatic carbocycles. The SMILES string of the molecule is COc1cccc(N2CCN(C(=O)c3cc4c(C)nn(C)c4s3)CC2)c1. The van der Waals surface area contributed by atoms with Gasteiger partial charge in [-0.2, -0.15) is 5.10 Å². The summed E-state index contributed by atoms with van der Waals surface area (Å²) < 4.78 is 7.16. The van der Waals surface area contributed by atoms with Crippen LogP contribution in [0, 0.1) is 6.92 Å². The number of benzene rings is 1. The van der Waals surface area contributed by atoms with Gasteiger partial charge in [-0.3, -0.25) is 9.48 Å². The predicted molar refractivity (Wildman–Crippen MR) is 104 cm³/mol. The highest BCUT2D eigenvalue weighted by Gasteiger charge is 2.24. The Labute approximate surface area is 156 Å². The number of nitrogens with zero attached hydrogens (tertiary/aromatic N) is 4. The number of anilines is 1. The maximum atomic E-state index is 12.9. The number of aryl methyl sites for hydroxylation is 2. The lowest BCUT2D eigenvalue weighted by Crippen LogP contribution is -2.48. The van der Waals surface area contributed by atoms with Gasteiger partial charge < -0.3 is 14.5 Å². The highest BCUT2D eigenvalue weighted by molar-refractivity contribution is 7.20. The Morgan fingerprint density at radius 3 is 2.65 bits per heavy atom. The molecule has 0 bridgehead atoms. The summed E-state index contributed by atoms with van der Waals surface area (Å²) in [6, 6.07) is 10.1. The van der Waals surface area contributed by atoms with E-state index in [0.717, 1.165) is 58.4 Å². The number of aromatic nitrogens is 2. The van der Waals surface area contributed by atoms with E-state index in [9.17, 15) is 4.79 Å². The first-order chi connectivity index (χ1) is 12.6. The molecule has 0 atom stereocenters. The number of ether oxygens (including phenoxy) is 1. The Morgan fingerprint density at radius 2 is 1.96 bits per heavy atom. The molecule has 1 aliphatic rings. The lowest BCUT2D eigenvalue weighted by atomic mass is 10.2. The molecule has 0 radical (unpaired) electrons. The van der Waals surface area contributed by atoms with Crippen molar-refractivity contribution in [2.45, 2.75) is 6.92 Å². The van der Waals surface area contributed by atoms with Crippen molar-refractivity contribution in [3.63, 3.8) is 0 Å². The monoisotopic (exact) mass is 370 g/mol. The largest absolute Gasteiger partial charge is 0.497 e. The number of amides is 1. The van der Waals surface area contributed by atoms with Crippen molar-refractivity contribution in [3.05, 3.63) is 40.9 Å². The van der Waals surface area contributed by atoms with Crippen molar-refractivity contribution in [1.82, 2.24) is 14.7 Å². The third-order valence-electron chi connectivity index (χ3n) is 4.89. The van der Waals surface area contributed by atoms with Gasteiger partial charge in [-0.15, -0.1) is 11.3 Å². The van der Waals surface area contributed by atoms with Crippen molar-refractivity contribution in [2.75, 3.05) is 38.2 Å². The molecule has 6 nitrogen and oxygen atoms in total. The van der Waals surface area contributed by atoms with Crippen LogP contribution in [0.4, 0.5) is 5.69 Å². The van der Waals surface area contributed by atoms with Gasteiger partial charge in [-0.1, -0.05) is 6.07 Å². The lowest BCUT2D eigenvalue weighted by Gasteiger charge is -2.36. The molecule has 1 aliphatic heterocycles. The fourth-order valence-corrected chi connectivity index (χ4v) is 4.53. The molecule has 1 fully saturated rings. The second-order valence-corrected chi connectivity index (χ2v) is 7.55. The number of thiophene rings is 1. The summed E-state index contributed by atoms with van der Waals surface area (Å²) in [5.74, 6) is 0.978. The number of carbonyl (C=O) groups excluding carboxylic acids is 1. The molecule has 0 N–H and O–H groups in total. The van der Waals surface area contributed by atoms with Crippen LogP contribution in [-0.2, 0) is 7.05 Å². The van der Waals surface area contributed by atoms with Gasteiger partial charge in [-0.05, 0) is 25.1 Å². The van der Waals surface area contributed by atoms with Gasteiger partial charge in [0.05, 0.1) is 17.7 Å². The molecule has 0 saturated carbocycles. The number of hydrogen-bond acceptors (Lipinski definition) is 5. The van der Waals surface area contributed by atoms with E-state index < -0.39 is 0 Å². The molecule has 0 unspecified atom stereocenters. The van der Waals surface area contributed by atoms with E-state index in [1.54, 1.807) is 7.11 Å². The van der Waals surface area contributed by atoms with Crippen LogP contribution in [0.25, 0.3) is 10.2 Å². The number of fused-ring (bicyclic) bond motifs is 1. The fourth-order valence-electron chi connectivity index (χ4n) is 3.44. The van der Waals surface area contributed by atoms with Gasteiger partial charge in [0.25, 0.3) is 5.91 Å². The van der Waals surface area contributed by atoms with Gasteiger partial charge >= 0.3 is 0 Å². The van der Waals surface area contributed by atoms with Gasteiger partial charge in [0.15, 0.2) is 0 Å². The summed E-state index contributed by atoms with van der Waals surface area (Å²) >= 11 is 1.53. The maximum Gasteiger partial charge on any atom is 0.264 e. The third-order valence-corrected chi connectivity index (χ3v) is 6.08. The summed E-state index contributed by atoms with van der Waals surface area (Å²) in [6.07, 6.45) is 0. The van der Waals surface area contributed by atoms with Crippen LogP contribution in [0.2, 0.25) is 0 Å². The highest BCUT2D eigenvalue weighted by atomic mass is 32.1. The molecule has 136 valence electrons. The third kappa shape index (κ3) is 2.92. The smallest absolute Gasteiger partial charge is 0.264 e. The number of carbonyl (C=O) groups is 1. The van der Waals surface area contributed by atoms with Crippen molar-refractivity contribution in [1.29, 1.82) is 0 Å². The zero-order valence-electron chi connectivity index (χ0n) is 15.2. The normalized spacial score (nSPS) is 14.9. The van der Waals surface area contributed by atoms with Crippen molar-refractivity contribution >= 4 is 33.1 Å². The Kier molecular flexibility index (Phi) is 4.32. The minimum Gasteiger partial charge on any atom is -0.497 e. The Hall–Kier alpha value is -2.54. The topological polar surface area (TPSA) is 50.6 Å². The van der Waals surface area contributed by atoms with Crippen LogP contribution < -0.4 is 9.64 Å². The lowest BCUT2D eigenvalue weighted by molar-refractivity contribution is 0.0751. The zero-order valence-corrected chi connectivity index (χ0v) is 16.0. The first-order valence-corrected chi connectivity index (χ1v) is 9.50. The minimum atomic E-state index is 0.121. The number of piperazine rings is 1. The van der Waals surface area contributed by atoms with E-state index in [1.165, 1.54) is 11.3 Å². The van der Waals surface area contributed by atoms with Crippen molar-refractivity contribution < 1.29 is 9.53 Å². The van der Waals surface area contributed by atoms with E-state index in [0.29, 0.717) is 0 Å². The Morgan fingerprint density at radius 1 is 1.19 bits per heavy atom. The summed E-state index contributed by atoms with van der Waals surface area (Å²) in [5, 5.41) is 5.49. The van der Waals surface area contributed by atoms with Crippen LogP contribution in [0.3, 0.4) is 0 Å².